The van der Waals surface area contributed by atoms with Crippen LogP contribution in [0.1, 0.15) is 6.92 Å². The Morgan fingerprint density at radius 3 is 2.67 bits per heavy atom. The van der Waals surface area contributed by atoms with Gasteiger partial charge in [-0.15, -0.1) is 16.8 Å². The molecule has 1 amide bonds. The van der Waals surface area contributed by atoms with E-state index in [4.69, 9.17) is 9.47 Å². The highest BCUT2D eigenvalue weighted by atomic mass is 32.2. The first kappa shape index (κ1) is 22.4. The highest BCUT2D eigenvalue weighted by Gasteiger charge is 2.21. The van der Waals surface area contributed by atoms with Gasteiger partial charge in [0.15, 0.2) is 16.7 Å². The maximum Gasteiger partial charge on any atom is 0.263 e. The number of carbonyl (C=O) groups excluding carboxylic acids is 1. The summed E-state index contributed by atoms with van der Waals surface area (Å²) >= 11 is 1.25. The van der Waals surface area contributed by atoms with E-state index in [0.717, 1.165) is 0 Å². The SMILES string of the molecule is C=CCn1c(=O)c2ccccc2n2c(SC(C)C(=O)Nc3ccc(OC)c(OC)c3)nnc12. The van der Waals surface area contributed by atoms with E-state index in [1.807, 2.05) is 18.2 Å². The number of amides is 1. The van der Waals surface area contributed by atoms with E-state index >= 15 is 0 Å². The fourth-order valence-corrected chi connectivity index (χ4v) is 4.33. The first-order valence-electron chi connectivity index (χ1n) is 10.2. The van der Waals surface area contributed by atoms with E-state index in [1.54, 1.807) is 48.8 Å². The zero-order valence-corrected chi connectivity index (χ0v) is 19.3. The number of fused-ring (bicyclic) bond motifs is 3. The predicted molar refractivity (Wildman–Crippen MR) is 128 cm³/mol. The number of thioether (sulfide) groups is 1. The van der Waals surface area contributed by atoms with Gasteiger partial charge in [0.2, 0.25) is 11.7 Å². The molecule has 10 heteroatoms. The second kappa shape index (κ2) is 9.37. The fourth-order valence-electron chi connectivity index (χ4n) is 3.47. The third kappa shape index (κ3) is 4.17. The molecule has 0 aliphatic rings. The van der Waals surface area contributed by atoms with Crippen LogP contribution in [0.15, 0.2) is 65.1 Å². The molecule has 1 N–H and O–H groups in total. The summed E-state index contributed by atoms with van der Waals surface area (Å²) in [5, 5.41) is 11.9. The zero-order chi connectivity index (χ0) is 23.5. The molecule has 9 nitrogen and oxygen atoms in total. The van der Waals surface area contributed by atoms with Crippen molar-refractivity contribution in [1.82, 2.24) is 19.2 Å². The largest absolute Gasteiger partial charge is 0.493 e. The van der Waals surface area contributed by atoms with Gasteiger partial charge in [0.1, 0.15) is 0 Å². The summed E-state index contributed by atoms with van der Waals surface area (Å²) in [5.74, 6) is 1.28. The van der Waals surface area contributed by atoms with Crippen LogP contribution in [0.4, 0.5) is 5.69 Å². The number of nitrogens with zero attached hydrogens (tertiary/aromatic N) is 4. The van der Waals surface area contributed by atoms with Gasteiger partial charge < -0.3 is 14.8 Å². The van der Waals surface area contributed by atoms with Crippen LogP contribution in [0, 0.1) is 0 Å². The van der Waals surface area contributed by atoms with Gasteiger partial charge in [0.05, 0.1) is 30.4 Å². The maximum atomic E-state index is 12.9. The number of rotatable bonds is 8. The quantitative estimate of drug-likeness (QED) is 0.315. The minimum atomic E-state index is -0.496. The Morgan fingerprint density at radius 2 is 1.94 bits per heavy atom. The molecule has 0 saturated heterocycles. The molecular formula is C23H23N5O4S. The van der Waals surface area contributed by atoms with E-state index in [0.29, 0.717) is 45.6 Å². The molecule has 4 aromatic rings. The van der Waals surface area contributed by atoms with E-state index in [1.165, 1.54) is 23.4 Å². The summed E-state index contributed by atoms with van der Waals surface area (Å²) in [6.45, 7) is 5.81. The Hall–Kier alpha value is -3.79. The monoisotopic (exact) mass is 465 g/mol. The molecule has 0 aliphatic carbocycles. The molecule has 4 rings (SSSR count). The van der Waals surface area contributed by atoms with E-state index in [-0.39, 0.29) is 11.5 Å². The van der Waals surface area contributed by atoms with Crippen LogP contribution in [-0.4, -0.2) is 44.5 Å². The molecule has 0 radical (unpaired) electrons. The van der Waals surface area contributed by atoms with Crippen molar-refractivity contribution in [3.63, 3.8) is 0 Å². The van der Waals surface area contributed by atoms with Crippen molar-refractivity contribution in [2.45, 2.75) is 23.9 Å². The van der Waals surface area contributed by atoms with Crippen molar-refractivity contribution in [2.24, 2.45) is 0 Å². The lowest BCUT2D eigenvalue weighted by Gasteiger charge is -2.14. The number of methoxy groups -OCH3 is 2. The Morgan fingerprint density at radius 1 is 1.18 bits per heavy atom. The smallest absolute Gasteiger partial charge is 0.263 e. The Balaban J connectivity index is 1.66. The van der Waals surface area contributed by atoms with Crippen LogP contribution < -0.4 is 20.3 Å². The minimum absolute atomic E-state index is 0.166. The van der Waals surface area contributed by atoms with Gasteiger partial charge in [-0.1, -0.05) is 30.0 Å². The maximum absolute atomic E-state index is 12.9. The number of hydrogen-bond donors (Lipinski definition) is 1. The van der Waals surface area contributed by atoms with Crippen molar-refractivity contribution in [3.05, 3.63) is 65.5 Å². The summed E-state index contributed by atoms with van der Waals surface area (Å²) in [7, 11) is 3.09. The molecule has 2 aromatic heterocycles. The van der Waals surface area contributed by atoms with Gasteiger partial charge in [0, 0.05) is 18.3 Å². The van der Waals surface area contributed by atoms with Crippen molar-refractivity contribution >= 4 is 40.0 Å². The van der Waals surface area contributed by atoms with Crippen LogP contribution >= 0.6 is 11.8 Å². The van der Waals surface area contributed by atoms with E-state index in [9.17, 15) is 9.59 Å². The number of hydrogen-bond acceptors (Lipinski definition) is 7. The molecule has 0 bridgehead atoms. The molecule has 0 fully saturated rings. The third-order valence-electron chi connectivity index (χ3n) is 5.09. The van der Waals surface area contributed by atoms with Crippen molar-refractivity contribution in [3.8, 4) is 11.5 Å². The molecule has 1 unspecified atom stereocenters. The predicted octanol–water partition coefficient (Wildman–Crippen LogP) is 3.37. The summed E-state index contributed by atoms with van der Waals surface area (Å²) < 4.78 is 13.8. The van der Waals surface area contributed by atoms with Crippen LogP contribution in [0.2, 0.25) is 0 Å². The lowest BCUT2D eigenvalue weighted by atomic mass is 10.2. The molecule has 170 valence electrons. The minimum Gasteiger partial charge on any atom is -0.493 e. The molecule has 0 spiro atoms. The molecule has 33 heavy (non-hydrogen) atoms. The van der Waals surface area contributed by atoms with Crippen molar-refractivity contribution in [2.75, 3.05) is 19.5 Å². The summed E-state index contributed by atoms with van der Waals surface area (Å²) in [6, 6.07) is 12.4. The number of aromatic nitrogens is 4. The Kier molecular flexibility index (Phi) is 6.36. The van der Waals surface area contributed by atoms with Gasteiger partial charge in [0.25, 0.3) is 5.56 Å². The Labute approximate surface area is 194 Å². The number of benzene rings is 2. The van der Waals surface area contributed by atoms with Gasteiger partial charge in [-0.2, -0.15) is 0 Å². The lowest BCUT2D eigenvalue weighted by molar-refractivity contribution is -0.115. The van der Waals surface area contributed by atoms with Crippen LogP contribution in [0.3, 0.4) is 0 Å². The highest BCUT2D eigenvalue weighted by Crippen LogP contribution is 2.31. The molecule has 0 saturated carbocycles. The third-order valence-corrected chi connectivity index (χ3v) is 6.14. The number of ether oxygens (including phenoxy) is 2. The summed E-state index contributed by atoms with van der Waals surface area (Å²) in [6.07, 6.45) is 1.64. The van der Waals surface area contributed by atoms with E-state index in [2.05, 4.69) is 22.1 Å². The number of nitrogens with one attached hydrogen (secondary N) is 1. The molecule has 2 heterocycles. The fraction of sp³-hybridized carbons (Fsp3) is 0.217. The number of carbonyl (C=O) groups is 1. The molecular weight excluding hydrogens is 442 g/mol. The lowest BCUT2D eigenvalue weighted by Crippen LogP contribution is -2.24. The van der Waals surface area contributed by atoms with E-state index < -0.39 is 5.25 Å². The van der Waals surface area contributed by atoms with Gasteiger partial charge >= 0.3 is 0 Å². The second-order valence-electron chi connectivity index (χ2n) is 7.16. The normalized spacial score (nSPS) is 12.0. The van der Waals surface area contributed by atoms with Crippen LogP contribution in [0.5, 0.6) is 11.5 Å². The average Bonchev–Trinajstić information content (AvgIpc) is 3.25. The topological polar surface area (TPSA) is 99.8 Å². The first-order valence-corrected chi connectivity index (χ1v) is 11.0. The molecule has 2 aromatic carbocycles. The average molecular weight is 466 g/mol. The standard InChI is InChI=1S/C23H23N5O4S/c1-5-12-27-21(30)16-8-6-7-9-17(16)28-22(27)25-26-23(28)33-14(2)20(29)24-15-10-11-18(31-3)19(13-15)32-4/h5-11,13-14H,1,12H2,2-4H3,(H,24,29). The van der Waals surface area contributed by atoms with Gasteiger partial charge in [-0.25, -0.2) is 0 Å². The number of allylic oxidation sites excluding steroid dienone is 1. The summed E-state index contributed by atoms with van der Waals surface area (Å²) in [4.78, 5) is 25.8. The van der Waals surface area contributed by atoms with Crippen LogP contribution in [-0.2, 0) is 11.3 Å². The summed E-state index contributed by atoms with van der Waals surface area (Å²) in [5.41, 5.74) is 1.10. The Bertz CT molecular complexity index is 1410. The van der Waals surface area contributed by atoms with Crippen molar-refractivity contribution in [1.29, 1.82) is 0 Å². The van der Waals surface area contributed by atoms with Gasteiger partial charge in [-0.3, -0.25) is 18.6 Å². The number of para-hydroxylation sites is 1. The molecule has 0 aliphatic heterocycles. The zero-order valence-electron chi connectivity index (χ0n) is 18.4. The molecule has 1 atom stereocenters. The first-order chi connectivity index (χ1) is 16.0. The second-order valence-corrected chi connectivity index (χ2v) is 8.47. The number of anilines is 1. The highest BCUT2D eigenvalue weighted by molar-refractivity contribution is 8.00. The van der Waals surface area contributed by atoms with Gasteiger partial charge in [-0.05, 0) is 31.2 Å². The van der Waals surface area contributed by atoms with Crippen LogP contribution in [0.25, 0.3) is 16.7 Å². The van der Waals surface area contributed by atoms with Crippen molar-refractivity contribution < 1.29 is 14.3 Å².